The van der Waals surface area contributed by atoms with Gasteiger partial charge in [-0.25, -0.2) is 0 Å². The molecule has 2 heterocycles. The summed E-state index contributed by atoms with van der Waals surface area (Å²) in [6.07, 6.45) is 1.77. The smallest absolute Gasteiger partial charge is 0.270 e. The van der Waals surface area contributed by atoms with Crippen LogP contribution in [0.25, 0.3) is 6.08 Å². The zero-order valence-electron chi connectivity index (χ0n) is 19.5. The minimum absolute atomic E-state index is 0.0834. The lowest BCUT2D eigenvalue weighted by Gasteiger charge is -2.26. The van der Waals surface area contributed by atoms with Crippen molar-refractivity contribution in [2.45, 2.75) is 6.92 Å². The fourth-order valence-electron chi connectivity index (χ4n) is 3.62. The van der Waals surface area contributed by atoms with Crippen LogP contribution in [0.5, 0.6) is 17.2 Å². The van der Waals surface area contributed by atoms with E-state index in [2.05, 4.69) is 0 Å². The topological polar surface area (TPSA) is 77.5 Å². The summed E-state index contributed by atoms with van der Waals surface area (Å²) in [5.41, 5.74) is 1.44. The number of thiocarbonyl (C=S) groups is 1. The second-order valence-electron chi connectivity index (χ2n) is 7.64. The molecule has 2 aliphatic rings. The number of methoxy groups -OCH3 is 1. The van der Waals surface area contributed by atoms with Gasteiger partial charge in [-0.2, -0.15) is 0 Å². The van der Waals surface area contributed by atoms with Gasteiger partial charge in [0.1, 0.15) is 5.75 Å². The maximum Gasteiger partial charge on any atom is 0.270 e. The molecule has 10 heteroatoms. The number of anilines is 1. The molecular formula is C25H26N2O6S2. The van der Waals surface area contributed by atoms with Crippen molar-refractivity contribution < 1.29 is 28.5 Å². The highest BCUT2D eigenvalue weighted by Crippen LogP contribution is 2.37. The van der Waals surface area contributed by atoms with E-state index in [-0.39, 0.29) is 18.4 Å². The van der Waals surface area contributed by atoms with Crippen LogP contribution in [0.4, 0.5) is 5.69 Å². The summed E-state index contributed by atoms with van der Waals surface area (Å²) in [7, 11) is 1.59. The molecule has 0 atom stereocenters. The van der Waals surface area contributed by atoms with E-state index < -0.39 is 0 Å². The molecule has 2 aromatic rings. The summed E-state index contributed by atoms with van der Waals surface area (Å²) in [5.74, 6) is 1.38. The van der Waals surface area contributed by atoms with E-state index in [1.807, 2.05) is 13.0 Å². The zero-order valence-corrected chi connectivity index (χ0v) is 21.2. The van der Waals surface area contributed by atoms with Crippen molar-refractivity contribution in [3.63, 3.8) is 0 Å². The van der Waals surface area contributed by atoms with Gasteiger partial charge in [-0.05, 0) is 55.0 Å². The lowest BCUT2D eigenvalue weighted by Crippen LogP contribution is -2.43. The molecule has 0 N–H and O–H groups in total. The standard InChI is InChI=1S/C25H26N2O6S2/c1-3-32-21-14-17(4-9-20(21)33-16-23(28)26-10-12-31-13-11-26)15-22-24(29)27(25(34)35-22)18-5-7-19(30-2)8-6-18/h4-9,14-15H,3,10-13,16H2,1-2H3/b22-15+. The Morgan fingerprint density at radius 2 is 1.86 bits per heavy atom. The summed E-state index contributed by atoms with van der Waals surface area (Å²) in [6.45, 7) is 4.42. The van der Waals surface area contributed by atoms with Crippen LogP contribution in [-0.2, 0) is 14.3 Å². The summed E-state index contributed by atoms with van der Waals surface area (Å²) in [4.78, 5) is 29.2. The third-order valence-electron chi connectivity index (χ3n) is 5.40. The van der Waals surface area contributed by atoms with Gasteiger partial charge in [0, 0.05) is 13.1 Å². The van der Waals surface area contributed by atoms with Gasteiger partial charge in [0.2, 0.25) is 0 Å². The molecule has 2 saturated heterocycles. The molecule has 2 amide bonds. The number of hydrogen-bond acceptors (Lipinski definition) is 8. The number of nitrogens with zero attached hydrogens (tertiary/aromatic N) is 2. The van der Waals surface area contributed by atoms with Gasteiger partial charge in [0.25, 0.3) is 11.8 Å². The van der Waals surface area contributed by atoms with E-state index >= 15 is 0 Å². The van der Waals surface area contributed by atoms with Crippen molar-refractivity contribution in [1.29, 1.82) is 0 Å². The number of carbonyl (C=O) groups excluding carboxylic acids is 2. The molecule has 8 nitrogen and oxygen atoms in total. The predicted molar refractivity (Wildman–Crippen MR) is 139 cm³/mol. The van der Waals surface area contributed by atoms with E-state index in [1.165, 1.54) is 16.7 Å². The van der Waals surface area contributed by atoms with Crippen LogP contribution in [0.3, 0.4) is 0 Å². The van der Waals surface area contributed by atoms with Crippen LogP contribution < -0.4 is 19.1 Å². The first-order valence-electron chi connectivity index (χ1n) is 11.2. The molecule has 2 aliphatic heterocycles. The molecule has 0 spiro atoms. The Balaban J connectivity index is 1.48. The maximum atomic E-state index is 13.1. The minimum atomic E-state index is -0.195. The Morgan fingerprint density at radius 3 is 2.54 bits per heavy atom. The van der Waals surface area contributed by atoms with Crippen LogP contribution in [-0.4, -0.2) is 67.7 Å². The number of amides is 2. The Hall–Kier alpha value is -3.08. The fourth-order valence-corrected chi connectivity index (χ4v) is 4.92. The Morgan fingerprint density at radius 1 is 1.11 bits per heavy atom. The lowest BCUT2D eigenvalue weighted by atomic mass is 10.1. The van der Waals surface area contributed by atoms with Gasteiger partial charge >= 0.3 is 0 Å². The highest BCUT2D eigenvalue weighted by molar-refractivity contribution is 8.27. The number of benzene rings is 2. The molecule has 0 radical (unpaired) electrons. The molecule has 0 aliphatic carbocycles. The largest absolute Gasteiger partial charge is 0.497 e. The van der Waals surface area contributed by atoms with Gasteiger partial charge < -0.3 is 23.8 Å². The van der Waals surface area contributed by atoms with Crippen molar-refractivity contribution >= 4 is 51.9 Å². The van der Waals surface area contributed by atoms with E-state index in [1.54, 1.807) is 54.5 Å². The summed E-state index contributed by atoms with van der Waals surface area (Å²) in [6, 6.07) is 12.5. The lowest BCUT2D eigenvalue weighted by molar-refractivity contribution is -0.137. The molecule has 0 unspecified atom stereocenters. The molecule has 0 bridgehead atoms. The Bertz CT molecular complexity index is 1130. The highest BCUT2D eigenvalue weighted by Gasteiger charge is 2.33. The molecule has 4 rings (SSSR count). The summed E-state index contributed by atoms with van der Waals surface area (Å²) >= 11 is 6.70. The van der Waals surface area contributed by atoms with Gasteiger partial charge in [0.15, 0.2) is 22.4 Å². The zero-order chi connectivity index (χ0) is 24.8. The molecule has 0 saturated carbocycles. The van der Waals surface area contributed by atoms with Crippen LogP contribution >= 0.6 is 24.0 Å². The normalized spacial score (nSPS) is 17.1. The quantitative estimate of drug-likeness (QED) is 0.390. The molecule has 184 valence electrons. The van der Waals surface area contributed by atoms with Crippen LogP contribution in [0, 0.1) is 0 Å². The van der Waals surface area contributed by atoms with Gasteiger partial charge in [-0.15, -0.1) is 0 Å². The third-order valence-corrected chi connectivity index (χ3v) is 6.71. The van der Waals surface area contributed by atoms with Crippen molar-refractivity contribution in [3.8, 4) is 17.2 Å². The highest BCUT2D eigenvalue weighted by atomic mass is 32.2. The first kappa shape index (κ1) is 25.0. The van der Waals surface area contributed by atoms with Crippen LogP contribution in [0.1, 0.15) is 12.5 Å². The maximum absolute atomic E-state index is 13.1. The Kier molecular flexibility index (Phi) is 8.27. The average molecular weight is 515 g/mol. The monoisotopic (exact) mass is 514 g/mol. The summed E-state index contributed by atoms with van der Waals surface area (Å²) in [5, 5.41) is 0. The number of hydrogen-bond donors (Lipinski definition) is 0. The predicted octanol–water partition coefficient (Wildman–Crippen LogP) is 3.74. The molecule has 0 aromatic heterocycles. The number of morpholine rings is 1. The van der Waals surface area contributed by atoms with Crippen molar-refractivity contribution in [2.24, 2.45) is 0 Å². The number of carbonyl (C=O) groups is 2. The second kappa shape index (κ2) is 11.6. The minimum Gasteiger partial charge on any atom is -0.497 e. The number of thioether (sulfide) groups is 1. The SMILES string of the molecule is CCOc1cc(/C=C2/SC(=S)N(c3ccc(OC)cc3)C2=O)ccc1OCC(=O)N1CCOCC1. The van der Waals surface area contributed by atoms with Crippen molar-refractivity contribution in [3.05, 3.63) is 52.9 Å². The molecule has 35 heavy (non-hydrogen) atoms. The van der Waals surface area contributed by atoms with Crippen molar-refractivity contribution in [1.82, 2.24) is 4.90 Å². The third kappa shape index (κ3) is 5.95. The van der Waals surface area contributed by atoms with E-state index in [9.17, 15) is 9.59 Å². The van der Waals surface area contributed by atoms with Gasteiger partial charge in [-0.1, -0.05) is 30.0 Å². The van der Waals surface area contributed by atoms with E-state index in [0.29, 0.717) is 65.1 Å². The first-order valence-corrected chi connectivity index (χ1v) is 12.4. The fraction of sp³-hybridized carbons (Fsp3) is 0.320. The average Bonchev–Trinajstić information content (AvgIpc) is 3.16. The van der Waals surface area contributed by atoms with Crippen molar-refractivity contribution in [2.75, 3.05) is 51.5 Å². The van der Waals surface area contributed by atoms with E-state index in [0.717, 1.165) is 5.56 Å². The Labute approximate surface area is 213 Å². The summed E-state index contributed by atoms with van der Waals surface area (Å²) < 4.78 is 22.4. The molecule has 2 aromatic carbocycles. The first-order chi connectivity index (χ1) is 17.0. The number of ether oxygens (including phenoxy) is 4. The van der Waals surface area contributed by atoms with Gasteiger partial charge in [0.05, 0.1) is 37.5 Å². The van der Waals surface area contributed by atoms with Gasteiger partial charge in [-0.3, -0.25) is 14.5 Å². The number of rotatable bonds is 8. The van der Waals surface area contributed by atoms with Crippen LogP contribution in [0.15, 0.2) is 47.4 Å². The van der Waals surface area contributed by atoms with E-state index in [4.69, 9.17) is 31.2 Å². The molecule has 2 fully saturated rings. The second-order valence-corrected chi connectivity index (χ2v) is 9.31. The van der Waals surface area contributed by atoms with Crippen LogP contribution in [0.2, 0.25) is 0 Å². The molecular weight excluding hydrogens is 488 g/mol.